The average Bonchev–Trinajstić information content (AvgIpc) is 2.79. The fraction of sp³-hybridized carbons (Fsp3) is 0.227. The van der Waals surface area contributed by atoms with Crippen LogP contribution in [-0.4, -0.2) is 33.8 Å². The van der Waals surface area contributed by atoms with Crippen molar-refractivity contribution in [3.63, 3.8) is 0 Å². The maximum Gasteiger partial charge on any atom is 0.262 e. The lowest BCUT2D eigenvalue weighted by atomic mass is 9.97. The standard InChI is InChI=1S/C22H20N2O7/c1-28-15-6-11(7-16(29-2)22(15)30-3)9-23-19-18(20(26)21(19)27)12-4-5-13-14(8-12)31-10-17(25)24-13/h4-8,23H,9-10H2,1-3H3,(H,24,25). The largest absolute Gasteiger partial charge is 0.493 e. The lowest BCUT2D eigenvalue weighted by Gasteiger charge is -2.20. The first kappa shape index (κ1) is 20.3. The number of amides is 1. The molecule has 0 aliphatic carbocycles. The Morgan fingerprint density at radius 2 is 1.68 bits per heavy atom. The van der Waals surface area contributed by atoms with E-state index in [1.807, 2.05) is 0 Å². The van der Waals surface area contributed by atoms with Gasteiger partial charge in [-0.3, -0.25) is 14.4 Å². The van der Waals surface area contributed by atoms with Crippen LogP contribution in [0.4, 0.5) is 11.4 Å². The number of fused-ring (bicyclic) bond motifs is 1. The molecular formula is C22H20N2O7. The number of nitrogens with one attached hydrogen (secondary N) is 2. The second-order valence-corrected chi connectivity index (χ2v) is 6.84. The van der Waals surface area contributed by atoms with Gasteiger partial charge in [-0.05, 0) is 35.4 Å². The van der Waals surface area contributed by atoms with Crippen molar-refractivity contribution in [3.05, 3.63) is 56.3 Å². The molecule has 0 bridgehead atoms. The number of hydrogen-bond donors (Lipinski definition) is 2. The predicted molar refractivity (Wildman–Crippen MR) is 114 cm³/mol. The van der Waals surface area contributed by atoms with Gasteiger partial charge in [0.15, 0.2) is 18.1 Å². The van der Waals surface area contributed by atoms with Crippen molar-refractivity contribution in [1.29, 1.82) is 0 Å². The molecule has 2 N–H and O–H groups in total. The molecule has 0 spiro atoms. The van der Waals surface area contributed by atoms with Crippen LogP contribution in [0.5, 0.6) is 23.0 Å². The zero-order chi connectivity index (χ0) is 22.1. The van der Waals surface area contributed by atoms with Crippen LogP contribution in [-0.2, 0) is 11.3 Å². The SMILES string of the molecule is COc1cc(CNc2c(-c3ccc4c(c3)OCC(=O)N4)c(=O)c2=O)cc(OC)c1OC. The summed E-state index contributed by atoms with van der Waals surface area (Å²) in [5, 5.41) is 5.73. The number of methoxy groups -OCH3 is 3. The minimum Gasteiger partial charge on any atom is -0.493 e. The highest BCUT2D eigenvalue weighted by atomic mass is 16.5. The molecule has 0 fully saturated rings. The summed E-state index contributed by atoms with van der Waals surface area (Å²) >= 11 is 0. The molecule has 0 atom stereocenters. The Labute approximate surface area is 177 Å². The molecule has 1 aliphatic heterocycles. The first-order chi connectivity index (χ1) is 15.0. The Balaban J connectivity index is 1.61. The summed E-state index contributed by atoms with van der Waals surface area (Å²) in [7, 11) is 4.55. The third-order valence-electron chi connectivity index (χ3n) is 5.01. The molecule has 4 rings (SSSR count). The molecule has 0 unspecified atom stereocenters. The van der Waals surface area contributed by atoms with Gasteiger partial charge in [0.05, 0.1) is 38.3 Å². The maximum atomic E-state index is 12.3. The van der Waals surface area contributed by atoms with Crippen LogP contribution in [0.1, 0.15) is 5.56 Å². The van der Waals surface area contributed by atoms with Crippen LogP contribution in [0.15, 0.2) is 39.9 Å². The number of hydrogen-bond acceptors (Lipinski definition) is 8. The highest BCUT2D eigenvalue weighted by Crippen LogP contribution is 2.39. The summed E-state index contributed by atoms with van der Waals surface area (Å²) in [6, 6.07) is 8.45. The van der Waals surface area contributed by atoms with E-state index < -0.39 is 10.9 Å². The maximum absolute atomic E-state index is 12.3. The Morgan fingerprint density at radius 3 is 2.32 bits per heavy atom. The van der Waals surface area contributed by atoms with Crippen LogP contribution in [0, 0.1) is 0 Å². The van der Waals surface area contributed by atoms with Gasteiger partial charge in [-0.1, -0.05) is 6.07 Å². The second-order valence-electron chi connectivity index (χ2n) is 6.84. The van der Waals surface area contributed by atoms with E-state index in [9.17, 15) is 14.4 Å². The monoisotopic (exact) mass is 424 g/mol. The molecule has 1 heterocycles. The fourth-order valence-corrected chi connectivity index (χ4v) is 3.49. The van der Waals surface area contributed by atoms with Crippen molar-refractivity contribution in [2.24, 2.45) is 0 Å². The number of carbonyl (C=O) groups is 1. The first-order valence-electron chi connectivity index (χ1n) is 9.40. The van der Waals surface area contributed by atoms with Crippen molar-refractivity contribution in [2.45, 2.75) is 6.54 Å². The lowest BCUT2D eigenvalue weighted by Crippen LogP contribution is -2.36. The zero-order valence-corrected chi connectivity index (χ0v) is 17.2. The second kappa shape index (κ2) is 8.02. The molecule has 0 saturated heterocycles. The van der Waals surface area contributed by atoms with E-state index in [0.717, 1.165) is 5.56 Å². The van der Waals surface area contributed by atoms with Crippen molar-refractivity contribution in [3.8, 4) is 34.1 Å². The van der Waals surface area contributed by atoms with Gasteiger partial charge >= 0.3 is 0 Å². The molecular weight excluding hydrogens is 404 g/mol. The summed E-state index contributed by atoms with van der Waals surface area (Å²) in [6.45, 7) is 0.153. The summed E-state index contributed by atoms with van der Waals surface area (Å²) in [6.07, 6.45) is 0. The molecule has 31 heavy (non-hydrogen) atoms. The molecule has 9 heteroatoms. The van der Waals surface area contributed by atoms with E-state index in [2.05, 4.69) is 10.6 Å². The van der Waals surface area contributed by atoms with Crippen LogP contribution in [0.2, 0.25) is 0 Å². The van der Waals surface area contributed by atoms with Crippen LogP contribution >= 0.6 is 0 Å². The van der Waals surface area contributed by atoms with Crippen LogP contribution < -0.4 is 40.4 Å². The van der Waals surface area contributed by atoms with E-state index in [-0.39, 0.29) is 30.3 Å². The van der Waals surface area contributed by atoms with Gasteiger partial charge in [0.2, 0.25) is 16.6 Å². The van der Waals surface area contributed by atoms with Crippen molar-refractivity contribution in [2.75, 3.05) is 38.6 Å². The Bertz CT molecular complexity index is 1220. The number of rotatable bonds is 7. The number of benzene rings is 2. The van der Waals surface area contributed by atoms with Gasteiger partial charge in [0, 0.05) is 6.54 Å². The summed E-state index contributed by atoms with van der Waals surface area (Å²) in [5.41, 5.74) is 1.16. The molecule has 0 aromatic heterocycles. The minimum absolute atomic E-state index is 0.103. The summed E-state index contributed by atoms with van der Waals surface area (Å²) < 4.78 is 21.4. The fourth-order valence-electron chi connectivity index (χ4n) is 3.49. The van der Waals surface area contributed by atoms with Crippen molar-refractivity contribution < 1.29 is 23.7 Å². The quantitative estimate of drug-likeness (QED) is 0.554. The molecule has 1 amide bonds. The van der Waals surface area contributed by atoms with E-state index in [1.165, 1.54) is 21.3 Å². The van der Waals surface area contributed by atoms with Gasteiger partial charge in [0.1, 0.15) is 5.75 Å². The molecule has 0 radical (unpaired) electrons. The summed E-state index contributed by atoms with van der Waals surface area (Å²) in [4.78, 5) is 35.9. The minimum atomic E-state index is -0.589. The smallest absolute Gasteiger partial charge is 0.262 e. The topological polar surface area (TPSA) is 112 Å². The zero-order valence-electron chi connectivity index (χ0n) is 17.2. The van der Waals surface area contributed by atoms with Gasteiger partial charge in [-0.15, -0.1) is 0 Å². The van der Waals surface area contributed by atoms with Crippen LogP contribution in [0.3, 0.4) is 0 Å². The van der Waals surface area contributed by atoms with Crippen molar-refractivity contribution in [1.82, 2.24) is 0 Å². The molecule has 0 saturated carbocycles. The molecule has 1 aliphatic rings. The predicted octanol–water partition coefficient (Wildman–Crippen LogP) is 1.92. The Kier molecular flexibility index (Phi) is 5.24. The average molecular weight is 424 g/mol. The van der Waals surface area contributed by atoms with Crippen LogP contribution in [0.25, 0.3) is 11.1 Å². The Hall–Kier alpha value is -4.01. The highest BCUT2D eigenvalue weighted by molar-refractivity contribution is 5.96. The number of carbonyl (C=O) groups excluding carboxylic acids is 1. The van der Waals surface area contributed by atoms with Gasteiger partial charge in [0.25, 0.3) is 5.91 Å². The Morgan fingerprint density at radius 1 is 0.968 bits per heavy atom. The summed E-state index contributed by atoms with van der Waals surface area (Å²) in [5.74, 6) is 1.63. The van der Waals surface area contributed by atoms with Gasteiger partial charge in [-0.25, -0.2) is 0 Å². The van der Waals surface area contributed by atoms with Crippen molar-refractivity contribution >= 4 is 17.3 Å². The van der Waals surface area contributed by atoms with E-state index in [4.69, 9.17) is 18.9 Å². The molecule has 3 aromatic rings. The van der Waals surface area contributed by atoms with E-state index in [1.54, 1.807) is 30.3 Å². The number of ether oxygens (including phenoxy) is 4. The highest BCUT2D eigenvalue weighted by Gasteiger charge is 2.25. The third kappa shape index (κ3) is 3.54. The molecule has 160 valence electrons. The lowest BCUT2D eigenvalue weighted by molar-refractivity contribution is -0.118. The van der Waals surface area contributed by atoms with Gasteiger partial charge in [-0.2, -0.15) is 0 Å². The molecule has 9 nitrogen and oxygen atoms in total. The van der Waals surface area contributed by atoms with Gasteiger partial charge < -0.3 is 29.6 Å². The van der Waals surface area contributed by atoms with E-state index >= 15 is 0 Å². The third-order valence-corrected chi connectivity index (χ3v) is 5.01. The number of anilines is 2. The van der Waals surface area contributed by atoms with E-state index in [0.29, 0.717) is 34.2 Å². The molecule has 3 aromatic carbocycles. The normalized spacial score (nSPS) is 12.5. The first-order valence-corrected chi connectivity index (χ1v) is 9.40.